The Morgan fingerprint density at radius 1 is 1.62 bits per heavy atom. The van der Waals surface area contributed by atoms with Gasteiger partial charge < -0.3 is 0 Å². The summed E-state index contributed by atoms with van der Waals surface area (Å²) in [6.45, 7) is -0.0136. The number of nitrogens with one attached hydrogen (secondary N) is 3. The molecule has 0 atom stereocenters. The van der Waals surface area contributed by atoms with Gasteiger partial charge in [-0.15, -0.1) is 11.5 Å². The van der Waals surface area contributed by atoms with Crippen LogP contribution in [0.2, 0.25) is 0 Å². The van der Waals surface area contributed by atoms with Gasteiger partial charge in [-0.25, -0.2) is 15.4 Å². The van der Waals surface area contributed by atoms with Gasteiger partial charge in [0.1, 0.15) is 6.61 Å². The van der Waals surface area contributed by atoms with Crippen LogP contribution in [0.25, 0.3) is 0 Å². The van der Waals surface area contributed by atoms with Crippen molar-refractivity contribution in [2.24, 2.45) is 0 Å². The summed E-state index contributed by atoms with van der Waals surface area (Å²) in [5.41, 5.74) is 0.806. The smallest absolute Gasteiger partial charge is 0.270 e. The summed E-state index contributed by atoms with van der Waals surface area (Å²) in [6, 6.07) is 0. The van der Waals surface area contributed by atoms with Crippen molar-refractivity contribution in [3.8, 4) is 12.3 Å². The van der Waals surface area contributed by atoms with Gasteiger partial charge in [0, 0.05) is 0 Å². The number of rotatable bonds is 3. The molecule has 1 aromatic heterocycles. The lowest BCUT2D eigenvalue weighted by Crippen LogP contribution is -2.27. The minimum atomic E-state index is -0.688. The average molecular weight is 182 g/mol. The molecule has 0 bridgehead atoms. The number of hydrogen-bond acceptors (Lipinski definition) is 5. The monoisotopic (exact) mass is 182 g/mol. The quantitative estimate of drug-likeness (QED) is 0.298. The standard InChI is InChI=1S/C6H6N4O3/c1-2-3-13-10-4-5(11)7-6(12)9-8-4/h1H,3H2,(H,8,10)(H2,7,9,11,12). The van der Waals surface area contributed by atoms with Crippen LogP contribution in [0.5, 0.6) is 0 Å². The number of terminal acetylenes is 1. The Bertz CT molecular complexity index is 426. The molecule has 1 aromatic rings. The lowest BCUT2D eigenvalue weighted by Gasteiger charge is -1.99. The van der Waals surface area contributed by atoms with E-state index in [1.165, 1.54) is 0 Å². The Balaban J connectivity index is 2.74. The summed E-state index contributed by atoms with van der Waals surface area (Å²) < 4.78 is 0. The normalized spacial score (nSPS) is 9.15. The van der Waals surface area contributed by atoms with Gasteiger partial charge in [0.25, 0.3) is 5.56 Å². The summed E-state index contributed by atoms with van der Waals surface area (Å²) in [5, 5.41) is 5.38. The van der Waals surface area contributed by atoms with Crippen LogP contribution in [0.15, 0.2) is 9.59 Å². The molecule has 0 aliphatic carbocycles. The van der Waals surface area contributed by atoms with Gasteiger partial charge in [-0.2, -0.15) is 0 Å². The van der Waals surface area contributed by atoms with Crippen molar-refractivity contribution in [3.63, 3.8) is 0 Å². The molecule has 1 rings (SSSR count). The number of anilines is 1. The third kappa shape index (κ3) is 2.46. The Morgan fingerprint density at radius 2 is 2.38 bits per heavy atom. The highest BCUT2D eigenvalue weighted by Gasteiger charge is 1.99. The molecule has 0 fully saturated rings. The fourth-order valence-corrected chi connectivity index (χ4v) is 0.563. The van der Waals surface area contributed by atoms with Crippen LogP contribution in [0.4, 0.5) is 5.82 Å². The predicted molar refractivity (Wildman–Crippen MR) is 43.9 cm³/mol. The first-order valence-electron chi connectivity index (χ1n) is 3.24. The van der Waals surface area contributed by atoms with Crippen molar-refractivity contribution >= 4 is 5.82 Å². The number of hydrogen-bond donors (Lipinski definition) is 3. The van der Waals surface area contributed by atoms with Crippen LogP contribution in [0.3, 0.4) is 0 Å². The van der Waals surface area contributed by atoms with Crippen LogP contribution < -0.4 is 16.7 Å². The van der Waals surface area contributed by atoms with E-state index in [9.17, 15) is 9.59 Å². The first kappa shape index (κ1) is 9.02. The van der Waals surface area contributed by atoms with Crippen LogP contribution in [0.1, 0.15) is 0 Å². The Morgan fingerprint density at radius 3 is 3.00 bits per heavy atom. The molecule has 68 valence electrons. The van der Waals surface area contributed by atoms with Crippen molar-refractivity contribution in [3.05, 3.63) is 20.8 Å². The summed E-state index contributed by atoms with van der Waals surface area (Å²) in [7, 11) is 0. The highest BCUT2D eigenvalue weighted by Crippen LogP contribution is 1.84. The number of nitrogens with zero attached hydrogens (tertiary/aromatic N) is 1. The fraction of sp³-hybridized carbons (Fsp3) is 0.167. The molecule has 13 heavy (non-hydrogen) atoms. The van der Waals surface area contributed by atoms with E-state index in [2.05, 4.69) is 21.3 Å². The Labute approximate surface area is 72.1 Å². The first-order valence-corrected chi connectivity index (χ1v) is 3.24. The summed E-state index contributed by atoms with van der Waals surface area (Å²) >= 11 is 0. The zero-order valence-corrected chi connectivity index (χ0v) is 6.46. The van der Waals surface area contributed by atoms with Crippen molar-refractivity contribution in [2.75, 3.05) is 12.1 Å². The molecule has 1 heterocycles. The van der Waals surface area contributed by atoms with Crippen LogP contribution in [-0.2, 0) is 4.84 Å². The van der Waals surface area contributed by atoms with Crippen molar-refractivity contribution in [1.82, 2.24) is 15.2 Å². The minimum Gasteiger partial charge on any atom is -0.270 e. The lowest BCUT2D eigenvalue weighted by atomic mass is 10.7. The second kappa shape index (κ2) is 4.08. The van der Waals surface area contributed by atoms with E-state index in [1.807, 2.05) is 10.1 Å². The summed E-state index contributed by atoms with van der Waals surface area (Å²) in [4.78, 5) is 27.9. The predicted octanol–water partition coefficient (Wildman–Crippen LogP) is -1.57. The van der Waals surface area contributed by atoms with E-state index >= 15 is 0 Å². The van der Waals surface area contributed by atoms with E-state index < -0.39 is 11.2 Å². The topological polar surface area (TPSA) is 99.9 Å². The average Bonchev–Trinajstić information content (AvgIpc) is 2.09. The zero-order chi connectivity index (χ0) is 9.68. The molecule has 3 N–H and O–H groups in total. The van der Waals surface area contributed by atoms with Crippen molar-refractivity contribution < 1.29 is 4.84 Å². The minimum absolute atomic E-state index is 0.0136. The molecular weight excluding hydrogens is 176 g/mol. The second-order valence-corrected chi connectivity index (χ2v) is 1.95. The van der Waals surface area contributed by atoms with Gasteiger partial charge in [0.05, 0.1) is 0 Å². The third-order valence-electron chi connectivity index (χ3n) is 1.04. The first-order chi connectivity index (χ1) is 6.24. The summed E-state index contributed by atoms with van der Waals surface area (Å²) in [6.07, 6.45) is 4.88. The highest BCUT2D eigenvalue weighted by atomic mass is 16.6. The molecule has 0 radical (unpaired) electrons. The molecule has 0 aliphatic heterocycles. The largest absolute Gasteiger partial charge is 0.342 e. The van der Waals surface area contributed by atoms with Gasteiger partial charge in [0.2, 0.25) is 5.82 Å². The maximum absolute atomic E-state index is 10.9. The van der Waals surface area contributed by atoms with Gasteiger partial charge in [0.15, 0.2) is 0 Å². The SMILES string of the molecule is C#CCONc1n[nH]c(=O)[nH]c1=O. The molecule has 7 heteroatoms. The fourth-order valence-electron chi connectivity index (χ4n) is 0.563. The third-order valence-corrected chi connectivity index (χ3v) is 1.04. The van der Waals surface area contributed by atoms with Crippen molar-refractivity contribution in [1.29, 1.82) is 0 Å². The Hall–Kier alpha value is -2.07. The number of H-pyrrole nitrogens is 2. The van der Waals surface area contributed by atoms with Crippen LogP contribution >= 0.6 is 0 Å². The van der Waals surface area contributed by atoms with Gasteiger partial charge in [-0.1, -0.05) is 5.92 Å². The zero-order valence-electron chi connectivity index (χ0n) is 6.46. The van der Waals surface area contributed by atoms with Crippen molar-refractivity contribution in [2.45, 2.75) is 0 Å². The lowest BCUT2D eigenvalue weighted by molar-refractivity contribution is 0.231. The highest BCUT2D eigenvalue weighted by molar-refractivity contribution is 5.24. The van der Waals surface area contributed by atoms with Gasteiger partial charge >= 0.3 is 5.69 Å². The van der Waals surface area contributed by atoms with Crippen LogP contribution in [0, 0.1) is 12.3 Å². The molecule has 0 aliphatic rings. The molecule has 0 saturated carbocycles. The molecule has 0 spiro atoms. The maximum Gasteiger partial charge on any atom is 0.342 e. The Kier molecular flexibility index (Phi) is 2.83. The van der Waals surface area contributed by atoms with Crippen LogP contribution in [-0.4, -0.2) is 21.8 Å². The maximum atomic E-state index is 10.9. The van der Waals surface area contributed by atoms with E-state index in [1.54, 1.807) is 0 Å². The van der Waals surface area contributed by atoms with Gasteiger partial charge in [-0.05, 0) is 0 Å². The van der Waals surface area contributed by atoms with Gasteiger partial charge in [-0.3, -0.25) is 14.6 Å². The second-order valence-electron chi connectivity index (χ2n) is 1.95. The molecule has 0 amide bonds. The van der Waals surface area contributed by atoms with E-state index in [0.29, 0.717) is 0 Å². The molecule has 7 nitrogen and oxygen atoms in total. The number of aromatic nitrogens is 3. The molecular formula is C6H6N4O3. The molecule has 0 unspecified atom stereocenters. The van der Waals surface area contributed by atoms with E-state index in [4.69, 9.17) is 6.42 Å². The molecule has 0 saturated heterocycles. The summed E-state index contributed by atoms with van der Waals surface area (Å²) in [5.74, 6) is 2.01. The van der Waals surface area contributed by atoms with E-state index in [0.717, 1.165) is 0 Å². The molecule has 0 aromatic carbocycles. The number of aromatic amines is 2. The van der Waals surface area contributed by atoms with E-state index in [-0.39, 0.29) is 12.4 Å².